The average Bonchev–Trinajstić information content (AvgIpc) is 2.98. The van der Waals surface area contributed by atoms with Crippen molar-refractivity contribution in [1.29, 1.82) is 0 Å². The Labute approximate surface area is 161 Å². The fourth-order valence-electron chi connectivity index (χ4n) is 2.43. The largest absolute Gasteiger partial charge is 0.491 e. The highest BCUT2D eigenvalue weighted by Crippen LogP contribution is 2.32. The van der Waals surface area contributed by atoms with Crippen molar-refractivity contribution in [2.24, 2.45) is 0 Å². The lowest BCUT2D eigenvalue weighted by molar-refractivity contribution is 0.0284. The van der Waals surface area contributed by atoms with Crippen molar-refractivity contribution >= 4 is 38.2 Å². The van der Waals surface area contributed by atoms with E-state index < -0.39 is 21.4 Å². The van der Waals surface area contributed by atoms with E-state index in [2.05, 4.69) is 9.71 Å². The highest BCUT2D eigenvalue weighted by atomic mass is 35.5. The molecule has 0 bridgehead atoms. The van der Waals surface area contributed by atoms with Gasteiger partial charge in [0, 0.05) is 6.20 Å². The Balaban J connectivity index is 1.84. The number of rotatable bonds is 6. The molecule has 9 heteroatoms. The Hall–Kier alpha value is -2.29. The SMILES string of the molecule is CC(C)(O)COc1ccc(S(=O)(=O)Nc2ccc(F)c3c(Cl)c[nH]c23)cc1. The lowest BCUT2D eigenvalue weighted by atomic mass is 10.2. The summed E-state index contributed by atoms with van der Waals surface area (Å²) in [7, 11) is -3.91. The minimum Gasteiger partial charge on any atom is -0.491 e. The standard InChI is InChI=1S/C18H18ClFN2O4S/c1-18(2,23)10-26-11-3-5-12(6-4-11)27(24,25)22-15-8-7-14(20)16-13(19)9-21-17(15)16/h3-9,21-23H,10H2,1-2H3. The second-order valence-corrected chi connectivity index (χ2v) is 8.75. The molecule has 3 aromatic rings. The molecule has 27 heavy (non-hydrogen) atoms. The number of anilines is 1. The van der Waals surface area contributed by atoms with Crippen molar-refractivity contribution in [2.45, 2.75) is 24.3 Å². The van der Waals surface area contributed by atoms with Gasteiger partial charge in [-0.25, -0.2) is 12.8 Å². The third kappa shape index (κ3) is 4.35. The average molecular weight is 413 g/mol. The number of ether oxygens (including phenoxy) is 1. The zero-order valence-electron chi connectivity index (χ0n) is 14.6. The van der Waals surface area contributed by atoms with E-state index in [1.54, 1.807) is 13.8 Å². The zero-order chi connectivity index (χ0) is 19.8. The van der Waals surface area contributed by atoms with Crippen LogP contribution in [0, 0.1) is 5.82 Å². The second kappa shape index (κ2) is 7.03. The summed E-state index contributed by atoms with van der Waals surface area (Å²) in [6, 6.07) is 8.21. The molecule has 2 aromatic carbocycles. The number of sulfonamides is 1. The molecule has 3 N–H and O–H groups in total. The van der Waals surface area contributed by atoms with Crippen LogP contribution in [0.25, 0.3) is 10.9 Å². The van der Waals surface area contributed by atoms with Gasteiger partial charge in [0.2, 0.25) is 0 Å². The number of nitrogens with one attached hydrogen (secondary N) is 2. The van der Waals surface area contributed by atoms with E-state index >= 15 is 0 Å². The van der Waals surface area contributed by atoms with Crippen LogP contribution in [0.5, 0.6) is 5.75 Å². The fourth-order valence-corrected chi connectivity index (χ4v) is 3.74. The summed E-state index contributed by atoms with van der Waals surface area (Å²) >= 11 is 5.94. The Bertz CT molecular complexity index is 1070. The first-order valence-electron chi connectivity index (χ1n) is 8.00. The third-order valence-electron chi connectivity index (χ3n) is 3.71. The normalized spacial score (nSPS) is 12.3. The van der Waals surface area contributed by atoms with Crippen molar-refractivity contribution in [1.82, 2.24) is 4.98 Å². The van der Waals surface area contributed by atoms with Crippen LogP contribution in [0.2, 0.25) is 5.02 Å². The van der Waals surface area contributed by atoms with Crippen LogP contribution in [-0.4, -0.2) is 30.7 Å². The molecule has 0 saturated heterocycles. The van der Waals surface area contributed by atoms with E-state index in [4.69, 9.17) is 16.3 Å². The van der Waals surface area contributed by atoms with Crippen molar-refractivity contribution in [3.8, 4) is 5.75 Å². The molecule has 0 aliphatic carbocycles. The van der Waals surface area contributed by atoms with E-state index in [0.717, 1.165) is 6.07 Å². The van der Waals surface area contributed by atoms with Crippen LogP contribution in [0.3, 0.4) is 0 Å². The van der Waals surface area contributed by atoms with Gasteiger partial charge in [-0.1, -0.05) is 11.6 Å². The summed E-state index contributed by atoms with van der Waals surface area (Å²) in [5, 5.41) is 9.95. The molecule has 1 aromatic heterocycles. The van der Waals surface area contributed by atoms with Crippen LogP contribution in [0.1, 0.15) is 13.8 Å². The van der Waals surface area contributed by atoms with Crippen molar-refractivity contribution in [2.75, 3.05) is 11.3 Å². The molecule has 0 saturated carbocycles. The lowest BCUT2D eigenvalue weighted by Gasteiger charge is -2.18. The summed E-state index contributed by atoms with van der Waals surface area (Å²) in [4.78, 5) is 2.78. The number of halogens is 2. The maximum Gasteiger partial charge on any atom is 0.261 e. The molecule has 3 rings (SSSR count). The molecule has 0 aliphatic rings. The van der Waals surface area contributed by atoms with Gasteiger partial charge in [0.1, 0.15) is 18.2 Å². The van der Waals surface area contributed by atoms with Crippen LogP contribution >= 0.6 is 11.6 Å². The smallest absolute Gasteiger partial charge is 0.261 e. The molecule has 144 valence electrons. The molecule has 0 fully saturated rings. The molecule has 0 aliphatic heterocycles. The van der Waals surface area contributed by atoms with Gasteiger partial charge < -0.3 is 14.8 Å². The summed E-state index contributed by atoms with van der Waals surface area (Å²) in [5.74, 6) is -0.121. The first-order chi connectivity index (χ1) is 12.6. The van der Waals surface area contributed by atoms with Crippen LogP contribution in [-0.2, 0) is 10.0 Å². The van der Waals surface area contributed by atoms with Gasteiger partial charge >= 0.3 is 0 Å². The second-order valence-electron chi connectivity index (χ2n) is 6.66. The van der Waals surface area contributed by atoms with Crippen LogP contribution < -0.4 is 9.46 Å². The molecule has 0 atom stereocenters. The van der Waals surface area contributed by atoms with Gasteiger partial charge in [-0.2, -0.15) is 0 Å². The monoisotopic (exact) mass is 412 g/mol. The summed E-state index contributed by atoms with van der Waals surface area (Å²) in [6.07, 6.45) is 1.39. The summed E-state index contributed by atoms with van der Waals surface area (Å²) in [6.45, 7) is 3.27. The summed E-state index contributed by atoms with van der Waals surface area (Å²) in [5.41, 5.74) is -0.563. The van der Waals surface area contributed by atoms with Gasteiger partial charge in [-0.3, -0.25) is 4.72 Å². The third-order valence-corrected chi connectivity index (χ3v) is 5.39. The minimum absolute atomic E-state index is 0.00763. The van der Waals surface area contributed by atoms with Crippen molar-refractivity contribution < 1.29 is 22.7 Å². The number of aromatic nitrogens is 1. The molecular formula is C18H18ClFN2O4S. The highest BCUT2D eigenvalue weighted by molar-refractivity contribution is 7.92. The van der Waals surface area contributed by atoms with E-state index in [1.165, 1.54) is 36.5 Å². The van der Waals surface area contributed by atoms with E-state index in [9.17, 15) is 17.9 Å². The molecule has 0 spiro atoms. The number of benzene rings is 2. The minimum atomic E-state index is -3.91. The fraction of sp³-hybridized carbons (Fsp3) is 0.222. The topological polar surface area (TPSA) is 91.4 Å². The van der Waals surface area contributed by atoms with E-state index in [1.807, 2.05) is 0 Å². The number of aromatic amines is 1. The Kier molecular flexibility index (Phi) is 5.07. The number of hydrogen-bond acceptors (Lipinski definition) is 4. The maximum atomic E-state index is 13.9. The maximum absolute atomic E-state index is 13.9. The van der Waals surface area contributed by atoms with E-state index in [0.29, 0.717) is 5.75 Å². The zero-order valence-corrected chi connectivity index (χ0v) is 16.2. The number of H-pyrrole nitrogens is 1. The number of aliphatic hydroxyl groups is 1. The van der Waals surface area contributed by atoms with Crippen LogP contribution in [0.4, 0.5) is 10.1 Å². The van der Waals surface area contributed by atoms with Gasteiger partial charge in [0.25, 0.3) is 10.0 Å². The quantitative estimate of drug-likeness (QED) is 0.572. The number of hydrogen-bond donors (Lipinski definition) is 3. The van der Waals surface area contributed by atoms with Crippen LogP contribution in [0.15, 0.2) is 47.5 Å². The first-order valence-corrected chi connectivity index (χ1v) is 9.86. The predicted octanol–water partition coefficient (Wildman–Crippen LogP) is 3.91. The van der Waals surface area contributed by atoms with E-state index in [-0.39, 0.29) is 33.1 Å². The Morgan fingerprint density at radius 2 is 1.89 bits per heavy atom. The Morgan fingerprint density at radius 3 is 2.52 bits per heavy atom. The highest BCUT2D eigenvalue weighted by Gasteiger charge is 2.19. The van der Waals surface area contributed by atoms with Gasteiger partial charge in [0.05, 0.1) is 32.1 Å². The first kappa shape index (κ1) is 19.5. The lowest BCUT2D eigenvalue weighted by Crippen LogP contribution is -2.27. The molecular weight excluding hydrogens is 395 g/mol. The van der Waals surface area contributed by atoms with Crippen molar-refractivity contribution in [3.05, 3.63) is 53.4 Å². The molecule has 6 nitrogen and oxygen atoms in total. The van der Waals surface area contributed by atoms with Gasteiger partial charge in [0.15, 0.2) is 0 Å². The van der Waals surface area contributed by atoms with Gasteiger partial charge in [-0.15, -0.1) is 0 Å². The summed E-state index contributed by atoms with van der Waals surface area (Å²) < 4.78 is 47.0. The molecule has 0 amide bonds. The Morgan fingerprint density at radius 1 is 1.22 bits per heavy atom. The molecule has 0 radical (unpaired) electrons. The van der Waals surface area contributed by atoms with Crippen molar-refractivity contribution in [3.63, 3.8) is 0 Å². The molecule has 1 heterocycles. The van der Waals surface area contributed by atoms with Gasteiger partial charge in [-0.05, 0) is 50.2 Å². The predicted molar refractivity (Wildman–Crippen MR) is 102 cm³/mol. The molecule has 0 unspecified atom stereocenters. The number of fused-ring (bicyclic) bond motifs is 1.